The van der Waals surface area contributed by atoms with E-state index >= 15 is 0 Å². The zero-order valence-electron chi connectivity index (χ0n) is 15.1. The molecule has 0 bridgehead atoms. The lowest BCUT2D eigenvalue weighted by Crippen LogP contribution is -2.35. The summed E-state index contributed by atoms with van der Waals surface area (Å²) < 4.78 is 1.69. The highest BCUT2D eigenvalue weighted by Crippen LogP contribution is 2.26. The molecule has 0 aliphatic carbocycles. The van der Waals surface area contributed by atoms with Crippen molar-refractivity contribution in [2.75, 3.05) is 23.7 Å². The first-order chi connectivity index (χ1) is 13.1. The van der Waals surface area contributed by atoms with E-state index in [4.69, 9.17) is 5.73 Å². The van der Waals surface area contributed by atoms with Gasteiger partial charge in [-0.15, -0.1) is 0 Å². The number of hydrogen-bond donors (Lipinski definition) is 4. The molecule has 3 aromatic rings. The van der Waals surface area contributed by atoms with Crippen LogP contribution in [0.3, 0.4) is 0 Å². The Kier molecular flexibility index (Phi) is 4.59. The van der Waals surface area contributed by atoms with Gasteiger partial charge in [0.15, 0.2) is 5.82 Å². The van der Waals surface area contributed by atoms with Crippen LogP contribution in [0.5, 0.6) is 0 Å². The second kappa shape index (κ2) is 7.20. The zero-order valence-corrected chi connectivity index (χ0v) is 15.1. The molecule has 2 amide bonds. The number of carbonyl (C=O) groups excluding carboxylic acids is 1. The van der Waals surface area contributed by atoms with E-state index in [1.807, 2.05) is 31.4 Å². The standard InChI is InChI=1S/C18H22N8O/c1-26-15(9-16(25-26)24-17(19)27)11-2-3-14-12(8-11)10-21-18(23-14)22-13-4-6-20-7-5-13/h2-3,8-10,13,20H,4-7H2,1H3,(H,21,22,23)(H3,19,24,25,27). The highest BCUT2D eigenvalue weighted by atomic mass is 16.2. The minimum Gasteiger partial charge on any atom is -0.351 e. The maximum absolute atomic E-state index is 11.0. The average Bonchev–Trinajstić information content (AvgIpc) is 3.01. The van der Waals surface area contributed by atoms with Gasteiger partial charge in [0.2, 0.25) is 5.95 Å². The van der Waals surface area contributed by atoms with Crippen molar-refractivity contribution in [3.05, 3.63) is 30.5 Å². The smallest absolute Gasteiger partial charge is 0.317 e. The second-order valence-electron chi connectivity index (χ2n) is 6.66. The molecule has 0 saturated carbocycles. The average molecular weight is 366 g/mol. The number of carbonyl (C=O) groups is 1. The second-order valence-corrected chi connectivity index (χ2v) is 6.66. The van der Waals surface area contributed by atoms with Crippen LogP contribution < -0.4 is 21.7 Å². The Morgan fingerprint density at radius 3 is 2.89 bits per heavy atom. The number of anilines is 2. The number of rotatable bonds is 4. The van der Waals surface area contributed by atoms with Crippen LogP contribution in [-0.4, -0.2) is 44.9 Å². The van der Waals surface area contributed by atoms with Crippen molar-refractivity contribution in [1.82, 2.24) is 25.1 Å². The van der Waals surface area contributed by atoms with E-state index in [1.54, 1.807) is 10.7 Å². The maximum atomic E-state index is 11.0. The molecule has 9 nitrogen and oxygen atoms in total. The number of urea groups is 1. The van der Waals surface area contributed by atoms with Gasteiger partial charge in [0, 0.05) is 36.3 Å². The van der Waals surface area contributed by atoms with Crippen LogP contribution in [0.1, 0.15) is 12.8 Å². The van der Waals surface area contributed by atoms with Gasteiger partial charge < -0.3 is 16.4 Å². The van der Waals surface area contributed by atoms with E-state index in [9.17, 15) is 4.79 Å². The number of nitrogens with zero attached hydrogens (tertiary/aromatic N) is 4. The summed E-state index contributed by atoms with van der Waals surface area (Å²) in [6, 6.07) is 7.51. The summed E-state index contributed by atoms with van der Waals surface area (Å²) in [7, 11) is 1.81. The monoisotopic (exact) mass is 366 g/mol. The van der Waals surface area contributed by atoms with Crippen molar-refractivity contribution >= 4 is 28.7 Å². The molecule has 4 rings (SSSR count). The fourth-order valence-electron chi connectivity index (χ4n) is 3.34. The molecule has 9 heteroatoms. The molecule has 0 spiro atoms. The Labute approximate surface area is 156 Å². The molecular weight excluding hydrogens is 344 g/mol. The van der Waals surface area contributed by atoms with Crippen molar-refractivity contribution < 1.29 is 4.79 Å². The van der Waals surface area contributed by atoms with E-state index in [2.05, 4.69) is 31.0 Å². The highest BCUT2D eigenvalue weighted by Gasteiger charge is 2.14. The predicted octanol–water partition coefficient (Wildman–Crippen LogP) is 1.68. The fraction of sp³-hybridized carbons (Fsp3) is 0.333. The Hall–Kier alpha value is -3.20. The van der Waals surface area contributed by atoms with E-state index in [0.29, 0.717) is 17.8 Å². The third-order valence-corrected chi connectivity index (χ3v) is 4.68. The van der Waals surface area contributed by atoms with Gasteiger partial charge in [-0.2, -0.15) is 5.10 Å². The van der Waals surface area contributed by atoms with Crippen LogP contribution in [0.4, 0.5) is 16.6 Å². The summed E-state index contributed by atoms with van der Waals surface area (Å²) in [5, 5.41) is 14.4. The molecule has 2 aromatic heterocycles. The molecule has 1 saturated heterocycles. The molecule has 1 aliphatic rings. The van der Waals surface area contributed by atoms with Gasteiger partial charge in [-0.1, -0.05) is 6.07 Å². The Morgan fingerprint density at radius 2 is 2.11 bits per heavy atom. The molecule has 27 heavy (non-hydrogen) atoms. The Morgan fingerprint density at radius 1 is 1.30 bits per heavy atom. The normalized spacial score (nSPS) is 15.0. The third-order valence-electron chi connectivity index (χ3n) is 4.68. The molecule has 0 radical (unpaired) electrons. The molecular formula is C18H22N8O. The van der Waals surface area contributed by atoms with Crippen molar-refractivity contribution in [3.8, 4) is 11.3 Å². The van der Waals surface area contributed by atoms with Gasteiger partial charge in [0.25, 0.3) is 0 Å². The molecule has 5 N–H and O–H groups in total. The number of primary amides is 1. The van der Waals surface area contributed by atoms with Crippen LogP contribution in [-0.2, 0) is 7.05 Å². The van der Waals surface area contributed by atoms with Crippen molar-refractivity contribution in [1.29, 1.82) is 0 Å². The van der Waals surface area contributed by atoms with Crippen LogP contribution in [0.25, 0.3) is 22.2 Å². The summed E-state index contributed by atoms with van der Waals surface area (Å²) >= 11 is 0. The first kappa shape index (κ1) is 17.2. The predicted molar refractivity (Wildman–Crippen MR) is 104 cm³/mol. The summed E-state index contributed by atoms with van der Waals surface area (Å²) in [6.07, 6.45) is 3.97. The Balaban J connectivity index is 1.58. The lowest BCUT2D eigenvalue weighted by atomic mass is 10.1. The number of nitrogens with two attached hydrogens (primary N) is 1. The lowest BCUT2D eigenvalue weighted by Gasteiger charge is -2.23. The summed E-state index contributed by atoms with van der Waals surface area (Å²) in [5.41, 5.74) is 7.85. The third kappa shape index (κ3) is 3.82. The quantitative estimate of drug-likeness (QED) is 0.557. The van der Waals surface area contributed by atoms with Gasteiger partial charge >= 0.3 is 6.03 Å². The molecule has 3 heterocycles. The number of nitrogens with one attached hydrogen (secondary N) is 3. The van der Waals surface area contributed by atoms with E-state index in [-0.39, 0.29) is 0 Å². The van der Waals surface area contributed by atoms with Gasteiger partial charge in [0.1, 0.15) is 0 Å². The summed E-state index contributed by atoms with van der Waals surface area (Å²) in [5.74, 6) is 1.08. The fourth-order valence-corrected chi connectivity index (χ4v) is 3.34. The first-order valence-electron chi connectivity index (χ1n) is 8.93. The van der Waals surface area contributed by atoms with Gasteiger partial charge in [-0.25, -0.2) is 14.8 Å². The first-order valence-corrected chi connectivity index (χ1v) is 8.93. The largest absolute Gasteiger partial charge is 0.351 e. The molecule has 0 unspecified atom stereocenters. The highest BCUT2D eigenvalue weighted by molar-refractivity contribution is 5.88. The van der Waals surface area contributed by atoms with Gasteiger partial charge in [0.05, 0.1) is 11.2 Å². The Bertz CT molecular complexity index is 977. The van der Waals surface area contributed by atoms with E-state index in [0.717, 1.165) is 48.1 Å². The summed E-state index contributed by atoms with van der Waals surface area (Å²) in [4.78, 5) is 20.1. The number of aryl methyl sites for hydroxylation is 1. The lowest BCUT2D eigenvalue weighted by molar-refractivity contribution is 0.259. The number of fused-ring (bicyclic) bond motifs is 1. The van der Waals surface area contributed by atoms with Crippen molar-refractivity contribution in [2.24, 2.45) is 12.8 Å². The topological polar surface area (TPSA) is 123 Å². The van der Waals surface area contributed by atoms with Gasteiger partial charge in [-0.05, 0) is 38.1 Å². The molecule has 140 valence electrons. The van der Waals surface area contributed by atoms with E-state index in [1.165, 1.54) is 0 Å². The van der Waals surface area contributed by atoms with Gasteiger partial charge in [-0.3, -0.25) is 10.00 Å². The number of amides is 2. The van der Waals surface area contributed by atoms with Crippen LogP contribution >= 0.6 is 0 Å². The minimum atomic E-state index is -0.639. The molecule has 0 atom stereocenters. The van der Waals surface area contributed by atoms with E-state index < -0.39 is 6.03 Å². The molecule has 1 fully saturated rings. The molecule has 1 aliphatic heterocycles. The number of piperidine rings is 1. The maximum Gasteiger partial charge on any atom is 0.317 e. The zero-order chi connectivity index (χ0) is 18.8. The number of benzene rings is 1. The number of aromatic nitrogens is 4. The van der Waals surface area contributed by atoms with Crippen LogP contribution in [0.15, 0.2) is 30.5 Å². The van der Waals surface area contributed by atoms with Crippen LogP contribution in [0, 0.1) is 0 Å². The SMILES string of the molecule is Cn1nc(NC(N)=O)cc1-c1ccc2nc(NC3CCNCC3)ncc2c1. The molecule has 1 aromatic carbocycles. The minimum absolute atomic E-state index is 0.411. The van der Waals surface area contributed by atoms with Crippen molar-refractivity contribution in [2.45, 2.75) is 18.9 Å². The summed E-state index contributed by atoms with van der Waals surface area (Å²) in [6.45, 7) is 2.04. The van der Waals surface area contributed by atoms with Crippen molar-refractivity contribution in [3.63, 3.8) is 0 Å². The number of hydrogen-bond acceptors (Lipinski definition) is 6. The van der Waals surface area contributed by atoms with Crippen LogP contribution in [0.2, 0.25) is 0 Å².